The van der Waals surface area contributed by atoms with E-state index >= 15 is 0 Å². The number of imidazole rings is 1. The summed E-state index contributed by atoms with van der Waals surface area (Å²) in [4.78, 5) is 16.8. The van der Waals surface area contributed by atoms with Crippen molar-refractivity contribution < 1.29 is 4.79 Å². The number of carbonyl (C=O) groups is 1. The van der Waals surface area contributed by atoms with Crippen molar-refractivity contribution in [1.82, 2.24) is 14.9 Å². The molecule has 28 heavy (non-hydrogen) atoms. The molecule has 1 amide bonds. The van der Waals surface area contributed by atoms with Crippen LogP contribution in [-0.2, 0) is 12.0 Å². The van der Waals surface area contributed by atoms with Gasteiger partial charge in [0.05, 0.1) is 6.04 Å². The number of hydrogen-bond donors (Lipinski definition) is 1. The summed E-state index contributed by atoms with van der Waals surface area (Å²) in [5, 5.41) is 3.09. The lowest BCUT2D eigenvalue weighted by molar-refractivity contribution is 0.0940. The highest BCUT2D eigenvalue weighted by molar-refractivity contribution is 5.94. The quantitative estimate of drug-likeness (QED) is 0.680. The maximum Gasteiger partial charge on any atom is 0.251 e. The molecule has 1 aromatic heterocycles. The Bertz CT molecular complexity index is 931. The van der Waals surface area contributed by atoms with Gasteiger partial charge in [-0.15, -0.1) is 0 Å². The molecule has 0 bridgehead atoms. The van der Waals surface area contributed by atoms with Crippen LogP contribution in [0.5, 0.6) is 0 Å². The van der Waals surface area contributed by atoms with Crippen molar-refractivity contribution in [3.05, 3.63) is 89.0 Å². The Morgan fingerprint density at radius 3 is 2.25 bits per heavy atom. The predicted molar refractivity (Wildman–Crippen MR) is 114 cm³/mol. The Balaban J connectivity index is 1.63. The molecule has 4 nitrogen and oxygen atoms in total. The van der Waals surface area contributed by atoms with Crippen LogP contribution in [-0.4, -0.2) is 15.5 Å². The van der Waals surface area contributed by atoms with Gasteiger partial charge in [-0.25, -0.2) is 4.98 Å². The van der Waals surface area contributed by atoms with Gasteiger partial charge in [-0.05, 0) is 48.1 Å². The van der Waals surface area contributed by atoms with E-state index in [2.05, 4.69) is 59.9 Å². The highest BCUT2D eigenvalue weighted by atomic mass is 16.1. The molecule has 0 fully saturated rings. The molecular weight excluding hydrogens is 346 g/mol. The number of rotatable bonds is 5. The maximum atomic E-state index is 12.6. The smallest absolute Gasteiger partial charge is 0.251 e. The number of amides is 1. The van der Waals surface area contributed by atoms with Crippen LogP contribution in [0.3, 0.4) is 0 Å². The van der Waals surface area contributed by atoms with Crippen LogP contribution in [0, 0.1) is 6.92 Å². The number of aryl methyl sites for hydroxylation is 1. The Morgan fingerprint density at radius 2 is 1.71 bits per heavy atom. The molecule has 1 N–H and O–H groups in total. The average molecular weight is 376 g/mol. The molecule has 0 aliphatic heterocycles. The fourth-order valence-electron chi connectivity index (χ4n) is 3.16. The van der Waals surface area contributed by atoms with Crippen molar-refractivity contribution in [3.8, 4) is 0 Å². The van der Waals surface area contributed by atoms with E-state index in [9.17, 15) is 4.79 Å². The molecule has 3 aromatic rings. The zero-order valence-corrected chi connectivity index (χ0v) is 17.4. The highest BCUT2D eigenvalue weighted by Gasteiger charge is 2.15. The number of aromatic nitrogens is 2. The summed E-state index contributed by atoms with van der Waals surface area (Å²) in [6.45, 7) is 11.3. The van der Waals surface area contributed by atoms with Gasteiger partial charge < -0.3 is 9.88 Å². The van der Waals surface area contributed by atoms with Gasteiger partial charge in [0, 0.05) is 24.5 Å². The molecule has 0 aliphatic rings. The van der Waals surface area contributed by atoms with Gasteiger partial charge >= 0.3 is 0 Å². The van der Waals surface area contributed by atoms with E-state index in [0.717, 1.165) is 23.5 Å². The van der Waals surface area contributed by atoms with E-state index < -0.39 is 0 Å². The van der Waals surface area contributed by atoms with E-state index in [1.54, 1.807) is 6.20 Å². The van der Waals surface area contributed by atoms with Gasteiger partial charge in [0.15, 0.2) is 0 Å². The molecule has 3 rings (SSSR count). The molecule has 0 spiro atoms. The standard InChI is InChI=1S/C24H29N3O/c1-17(20-10-12-22(13-11-20)24(3,4)5)26-23(28)21-8-6-19(7-9-21)16-27-15-14-25-18(27)2/h6-15,17H,16H2,1-5H3,(H,26,28)/t17-/m0/s1. The highest BCUT2D eigenvalue weighted by Crippen LogP contribution is 2.24. The van der Waals surface area contributed by atoms with Gasteiger partial charge in [0.2, 0.25) is 0 Å². The summed E-state index contributed by atoms with van der Waals surface area (Å²) < 4.78 is 2.08. The Kier molecular flexibility index (Phi) is 5.68. The Labute approximate surface area is 167 Å². The fourth-order valence-corrected chi connectivity index (χ4v) is 3.16. The summed E-state index contributed by atoms with van der Waals surface area (Å²) >= 11 is 0. The van der Waals surface area contributed by atoms with E-state index in [1.165, 1.54) is 5.56 Å². The van der Waals surface area contributed by atoms with E-state index in [1.807, 2.05) is 44.3 Å². The lowest BCUT2D eigenvalue weighted by atomic mass is 9.86. The molecular formula is C24H29N3O. The minimum Gasteiger partial charge on any atom is -0.346 e. The number of nitrogens with one attached hydrogen (secondary N) is 1. The van der Waals surface area contributed by atoms with Crippen LogP contribution in [0.1, 0.15) is 66.6 Å². The van der Waals surface area contributed by atoms with Gasteiger partial charge in [-0.2, -0.15) is 0 Å². The first kappa shape index (κ1) is 19.9. The summed E-state index contributed by atoms with van der Waals surface area (Å²) in [5.41, 5.74) is 4.34. The van der Waals surface area contributed by atoms with Crippen molar-refractivity contribution in [2.75, 3.05) is 0 Å². The van der Waals surface area contributed by atoms with Crippen molar-refractivity contribution in [3.63, 3.8) is 0 Å². The third-order valence-corrected chi connectivity index (χ3v) is 5.12. The Hall–Kier alpha value is -2.88. The molecule has 0 unspecified atom stereocenters. The minimum absolute atomic E-state index is 0.0465. The van der Waals surface area contributed by atoms with Crippen LogP contribution in [0.2, 0.25) is 0 Å². The molecule has 1 atom stereocenters. The molecule has 1 heterocycles. The van der Waals surface area contributed by atoms with Crippen molar-refractivity contribution >= 4 is 5.91 Å². The van der Waals surface area contributed by atoms with E-state index in [-0.39, 0.29) is 17.4 Å². The monoisotopic (exact) mass is 375 g/mol. The second-order valence-electron chi connectivity index (χ2n) is 8.37. The second-order valence-corrected chi connectivity index (χ2v) is 8.37. The number of nitrogens with zero attached hydrogens (tertiary/aromatic N) is 2. The lowest BCUT2D eigenvalue weighted by Crippen LogP contribution is -2.26. The zero-order chi connectivity index (χ0) is 20.3. The third kappa shape index (κ3) is 4.69. The van der Waals surface area contributed by atoms with E-state index in [0.29, 0.717) is 5.56 Å². The van der Waals surface area contributed by atoms with Gasteiger partial charge in [0.1, 0.15) is 5.82 Å². The zero-order valence-electron chi connectivity index (χ0n) is 17.4. The fraction of sp³-hybridized carbons (Fsp3) is 0.333. The van der Waals surface area contributed by atoms with Crippen LogP contribution in [0.4, 0.5) is 0 Å². The SMILES string of the molecule is Cc1nccn1Cc1ccc(C(=O)N[C@@H](C)c2ccc(C(C)(C)C)cc2)cc1. The molecule has 0 saturated carbocycles. The summed E-state index contributed by atoms with van der Waals surface area (Å²) in [5.74, 6) is 0.922. The van der Waals surface area contributed by atoms with Crippen LogP contribution < -0.4 is 5.32 Å². The first-order valence-corrected chi connectivity index (χ1v) is 9.72. The molecule has 146 valence electrons. The van der Waals surface area contributed by atoms with Crippen molar-refractivity contribution in [1.29, 1.82) is 0 Å². The largest absolute Gasteiger partial charge is 0.346 e. The number of hydrogen-bond acceptors (Lipinski definition) is 2. The normalized spacial score (nSPS) is 12.6. The average Bonchev–Trinajstić information content (AvgIpc) is 3.06. The number of carbonyl (C=O) groups excluding carboxylic acids is 1. The van der Waals surface area contributed by atoms with Crippen LogP contribution in [0.25, 0.3) is 0 Å². The minimum atomic E-state index is -0.0576. The van der Waals surface area contributed by atoms with Crippen LogP contribution in [0.15, 0.2) is 60.9 Å². The van der Waals surface area contributed by atoms with Gasteiger partial charge in [-0.3, -0.25) is 4.79 Å². The second kappa shape index (κ2) is 8.01. The van der Waals surface area contributed by atoms with Crippen molar-refractivity contribution in [2.45, 2.75) is 52.6 Å². The summed E-state index contributed by atoms with van der Waals surface area (Å²) in [6, 6.07) is 16.2. The summed E-state index contributed by atoms with van der Waals surface area (Å²) in [6.07, 6.45) is 3.76. The molecule has 0 saturated heterocycles. The van der Waals surface area contributed by atoms with E-state index in [4.69, 9.17) is 0 Å². The van der Waals surface area contributed by atoms with Crippen molar-refractivity contribution in [2.24, 2.45) is 0 Å². The summed E-state index contributed by atoms with van der Waals surface area (Å²) in [7, 11) is 0. The van der Waals surface area contributed by atoms with Gasteiger partial charge in [-0.1, -0.05) is 57.2 Å². The van der Waals surface area contributed by atoms with Gasteiger partial charge in [0.25, 0.3) is 5.91 Å². The first-order valence-electron chi connectivity index (χ1n) is 9.72. The molecule has 0 radical (unpaired) electrons. The maximum absolute atomic E-state index is 12.6. The first-order chi connectivity index (χ1) is 13.2. The molecule has 4 heteroatoms. The topological polar surface area (TPSA) is 46.9 Å². The Morgan fingerprint density at radius 1 is 1.07 bits per heavy atom. The number of benzene rings is 2. The van der Waals surface area contributed by atoms with Crippen LogP contribution >= 0.6 is 0 Å². The lowest BCUT2D eigenvalue weighted by Gasteiger charge is -2.20. The third-order valence-electron chi connectivity index (χ3n) is 5.12. The predicted octanol–water partition coefficient (Wildman–Crippen LogP) is 5.03. The molecule has 2 aromatic carbocycles. The molecule has 0 aliphatic carbocycles.